The molecular formula is C31H37N3O3. The molecule has 6 heteroatoms. The third kappa shape index (κ3) is 6.03. The van der Waals surface area contributed by atoms with Gasteiger partial charge in [0.2, 0.25) is 0 Å². The summed E-state index contributed by atoms with van der Waals surface area (Å²) in [6.07, 6.45) is 2.42. The molecule has 0 saturated heterocycles. The van der Waals surface area contributed by atoms with E-state index in [2.05, 4.69) is 50.2 Å². The van der Waals surface area contributed by atoms with Crippen LogP contribution in [0.15, 0.2) is 60.7 Å². The van der Waals surface area contributed by atoms with E-state index in [1.54, 1.807) is 6.07 Å². The lowest BCUT2D eigenvalue weighted by molar-refractivity contribution is -0.136. The van der Waals surface area contributed by atoms with Gasteiger partial charge in [0, 0.05) is 23.5 Å². The van der Waals surface area contributed by atoms with Gasteiger partial charge >= 0.3 is 5.97 Å². The van der Waals surface area contributed by atoms with Crippen LogP contribution in [0.1, 0.15) is 74.9 Å². The number of rotatable bonds is 9. The number of carboxylic acid groups (broad SMARTS) is 1. The summed E-state index contributed by atoms with van der Waals surface area (Å²) in [7, 11) is 0. The fraction of sp³-hybridized carbons (Fsp3) is 0.355. The highest BCUT2D eigenvalue weighted by atomic mass is 16.5. The Hall–Kier alpha value is -3.64. The second-order valence-electron chi connectivity index (χ2n) is 9.63. The molecule has 4 aromatic rings. The van der Waals surface area contributed by atoms with E-state index in [0.717, 1.165) is 27.7 Å². The highest BCUT2D eigenvalue weighted by Gasteiger charge is 2.24. The van der Waals surface area contributed by atoms with Crippen molar-refractivity contribution in [2.75, 3.05) is 0 Å². The predicted molar refractivity (Wildman–Crippen MR) is 149 cm³/mol. The Morgan fingerprint density at radius 3 is 2.51 bits per heavy atom. The first-order valence-electron chi connectivity index (χ1n) is 13.2. The molecule has 0 spiro atoms. The van der Waals surface area contributed by atoms with Crippen LogP contribution in [-0.4, -0.2) is 20.9 Å². The van der Waals surface area contributed by atoms with Crippen LogP contribution in [0.25, 0.3) is 22.0 Å². The molecule has 1 aromatic heterocycles. The van der Waals surface area contributed by atoms with Gasteiger partial charge in [-0.1, -0.05) is 50.2 Å². The molecule has 37 heavy (non-hydrogen) atoms. The van der Waals surface area contributed by atoms with Crippen LogP contribution in [-0.2, 0) is 24.4 Å². The normalized spacial score (nSPS) is 12.9. The summed E-state index contributed by atoms with van der Waals surface area (Å²) >= 11 is 0. The van der Waals surface area contributed by atoms with E-state index < -0.39 is 5.97 Å². The maximum absolute atomic E-state index is 11.3. The van der Waals surface area contributed by atoms with Crippen molar-refractivity contribution < 1.29 is 14.6 Å². The van der Waals surface area contributed by atoms with Crippen molar-refractivity contribution in [1.29, 1.82) is 0 Å². The lowest BCUT2D eigenvalue weighted by Crippen LogP contribution is -2.06. The van der Waals surface area contributed by atoms with Crippen LogP contribution in [0.4, 0.5) is 0 Å². The van der Waals surface area contributed by atoms with Gasteiger partial charge in [-0.2, -0.15) is 5.10 Å². The van der Waals surface area contributed by atoms with Crippen LogP contribution >= 0.6 is 0 Å². The number of fused-ring (bicyclic) bond motifs is 1. The summed E-state index contributed by atoms with van der Waals surface area (Å²) in [5, 5.41) is 15.2. The summed E-state index contributed by atoms with van der Waals surface area (Å²) in [5.74, 6) is 0.344. The number of aromatic nitrogens is 2. The number of carbonyl (C=O) groups is 1. The Morgan fingerprint density at radius 2 is 1.84 bits per heavy atom. The molecular weight excluding hydrogens is 462 g/mol. The quantitative estimate of drug-likeness (QED) is 0.263. The Morgan fingerprint density at radius 1 is 1.08 bits per heavy atom. The van der Waals surface area contributed by atoms with Crippen molar-refractivity contribution in [3.63, 3.8) is 0 Å². The third-order valence-electron chi connectivity index (χ3n) is 6.58. The maximum Gasteiger partial charge on any atom is 0.307 e. The fourth-order valence-corrected chi connectivity index (χ4v) is 4.64. The van der Waals surface area contributed by atoms with Gasteiger partial charge in [-0.25, -0.2) is 0 Å². The topological polar surface area (TPSA) is 90.4 Å². The van der Waals surface area contributed by atoms with Crippen LogP contribution in [0.3, 0.4) is 0 Å². The van der Waals surface area contributed by atoms with Crippen molar-refractivity contribution in [3.8, 4) is 16.9 Å². The molecule has 1 fully saturated rings. The zero-order valence-corrected chi connectivity index (χ0v) is 22.2. The highest BCUT2D eigenvalue weighted by molar-refractivity contribution is 5.87. The van der Waals surface area contributed by atoms with E-state index in [0.29, 0.717) is 23.8 Å². The maximum atomic E-state index is 11.3. The molecule has 0 atom stereocenters. The number of nitrogens with two attached hydrogens (primary N) is 1. The average Bonchev–Trinajstić information content (AvgIpc) is 3.70. The molecule has 3 aromatic carbocycles. The number of benzene rings is 3. The number of para-hydroxylation sites is 1. The third-order valence-corrected chi connectivity index (χ3v) is 6.58. The standard InChI is InChI=1S/C29H31N3O3.C2H6/c1-18(2)32-27-10-9-21(24-12-19(16-30)11-23(13-24)20-7-8-20)14-25(27)26(31-32)17-35-28-6-4-3-5-22(28)15-29(33)34;1-2/h3-6,9-14,18,20H,7-8,15-17,30H2,1-2H3,(H,33,34);1-2H3. The minimum Gasteiger partial charge on any atom is -0.487 e. The number of ether oxygens (including phenoxy) is 1. The van der Waals surface area contributed by atoms with Gasteiger partial charge < -0.3 is 15.6 Å². The Kier molecular flexibility index (Phi) is 8.29. The molecule has 1 aliphatic carbocycles. The number of aliphatic carboxylic acids is 1. The van der Waals surface area contributed by atoms with Gasteiger partial charge in [0.05, 0.1) is 11.9 Å². The fourth-order valence-electron chi connectivity index (χ4n) is 4.64. The Bertz CT molecular complexity index is 1390. The number of hydrogen-bond acceptors (Lipinski definition) is 4. The predicted octanol–water partition coefficient (Wildman–Crippen LogP) is 6.85. The molecule has 1 aliphatic rings. The van der Waals surface area contributed by atoms with Crippen molar-refractivity contribution in [2.45, 2.75) is 72.1 Å². The van der Waals surface area contributed by atoms with Gasteiger partial charge in [0.1, 0.15) is 18.1 Å². The molecule has 194 valence electrons. The average molecular weight is 500 g/mol. The van der Waals surface area contributed by atoms with Crippen molar-refractivity contribution in [3.05, 3.63) is 83.0 Å². The van der Waals surface area contributed by atoms with Gasteiger partial charge in [0.15, 0.2) is 0 Å². The number of nitrogens with zero attached hydrogens (tertiary/aromatic N) is 2. The van der Waals surface area contributed by atoms with Crippen molar-refractivity contribution in [2.24, 2.45) is 5.73 Å². The summed E-state index contributed by atoms with van der Waals surface area (Å²) in [6, 6.07) is 20.7. The first-order valence-corrected chi connectivity index (χ1v) is 13.2. The minimum atomic E-state index is -0.884. The summed E-state index contributed by atoms with van der Waals surface area (Å²) < 4.78 is 8.13. The Balaban J connectivity index is 0.00000156. The van der Waals surface area contributed by atoms with Gasteiger partial charge in [-0.05, 0) is 79.1 Å². The second kappa shape index (κ2) is 11.6. The largest absolute Gasteiger partial charge is 0.487 e. The molecule has 0 aliphatic heterocycles. The second-order valence-corrected chi connectivity index (χ2v) is 9.63. The molecule has 0 bridgehead atoms. The molecule has 1 heterocycles. The van der Waals surface area contributed by atoms with Crippen LogP contribution in [0.2, 0.25) is 0 Å². The SMILES string of the molecule is CC.CC(C)n1nc(COc2ccccc2CC(=O)O)c2cc(-c3cc(CN)cc(C4CC4)c3)ccc21. The van der Waals surface area contributed by atoms with Gasteiger partial charge in [-0.3, -0.25) is 9.48 Å². The van der Waals surface area contributed by atoms with Gasteiger partial charge in [-0.15, -0.1) is 0 Å². The molecule has 0 amide bonds. The van der Waals surface area contributed by atoms with E-state index in [9.17, 15) is 9.90 Å². The minimum absolute atomic E-state index is 0.0810. The van der Waals surface area contributed by atoms with E-state index >= 15 is 0 Å². The number of carboxylic acids is 1. The van der Waals surface area contributed by atoms with E-state index in [1.807, 2.05) is 36.7 Å². The van der Waals surface area contributed by atoms with E-state index in [4.69, 9.17) is 15.6 Å². The van der Waals surface area contributed by atoms with Gasteiger partial charge in [0.25, 0.3) is 0 Å². The lowest BCUT2D eigenvalue weighted by atomic mass is 9.96. The smallest absolute Gasteiger partial charge is 0.307 e. The van der Waals surface area contributed by atoms with Crippen molar-refractivity contribution >= 4 is 16.9 Å². The van der Waals surface area contributed by atoms with Crippen LogP contribution in [0.5, 0.6) is 5.75 Å². The zero-order chi connectivity index (χ0) is 26.5. The molecule has 5 rings (SSSR count). The molecule has 6 nitrogen and oxygen atoms in total. The molecule has 1 saturated carbocycles. The van der Waals surface area contributed by atoms with E-state index in [1.165, 1.54) is 24.0 Å². The van der Waals surface area contributed by atoms with E-state index in [-0.39, 0.29) is 19.1 Å². The molecule has 3 N–H and O–H groups in total. The lowest BCUT2D eigenvalue weighted by Gasteiger charge is -2.11. The summed E-state index contributed by atoms with van der Waals surface area (Å²) in [6.45, 7) is 9.00. The monoisotopic (exact) mass is 499 g/mol. The molecule has 0 radical (unpaired) electrons. The van der Waals surface area contributed by atoms with Crippen molar-refractivity contribution in [1.82, 2.24) is 9.78 Å². The van der Waals surface area contributed by atoms with Crippen LogP contribution < -0.4 is 10.5 Å². The summed E-state index contributed by atoms with van der Waals surface area (Å²) in [5.41, 5.74) is 13.4. The summed E-state index contributed by atoms with van der Waals surface area (Å²) in [4.78, 5) is 11.3. The molecule has 0 unspecified atom stereocenters. The first-order chi connectivity index (χ1) is 17.9. The zero-order valence-electron chi connectivity index (χ0n) is 22.2. The number of hydrogen-bond donors (Lipinski definition) is 2. The van der Waals surface area contributed by atoms with Crippen LogP contribution in [0, 0.1) is 0 Å². The first kappa shape index (κ1) is 26.4. The highest BCUT2D eigenvalue weighted by Crippen LogP contribution is 2.42. The Labute approximate surface area is 219 Å².